The third kappa shape index (κ3) is 2.68. The van der Waals surface area contributed by atoms with Gasteiger partial charge in [-0.25, -0.2) is 13.8 Å². The third-order valence-corrected chi connectivity index (χ3v) is 1.93. The monoisotopic (exact) mass is 251 g/mol. The lowest BCUT2D eigenvalue weighted by molar-refractivity contribution is -0.141. The molecule has 0 unspecified atom stereocenters. The van der Waals surface area contributed by atoms with E-state index in [2.05, 4.69) is 4.98 Å². The molecule has 0 spiro atoms. The molecule has 1 aromatic heterocycles. The number of hydrogen-bond donors (Lipinski definition) is 1. The van der Waals surface area contributed by atoms with Gasteiger partial charge in [-0.1, -0.05) is 0 Å². The average molecular weight is 251 g/mol. The maximum atomic E-state index is 12.5. The minimum Gasteiger partial charge on any atom is -0.325 e. The minimum absolute atomic E-state index is 0.341. The van der Waals surface area contributed by atoms with Crippen LogP contribution in [0.2, 0.25) is 0 Å². The molecule has 1 aromatic rings. The van der Waals surface area contributed by atoms with Crippen LogP contribution in [0.3, 0.4) is 0 Å². The van der Waals surface area contributed by atoms with Gasteiger partial charge in [-0.15, -0.1) is 0 Å². The van der Waals surface area contributed by atoms with E-state index in [0.29, 0.717) is 6.07 Å². The van der Waals surface area contributed by atoms with Crippen molar-refractivity contribution >= 4 is 0 Å². The van der Waals surface area contributed by atoms with Crippen LogP contribution in [-0.4, -0.2) is 4.98 Å². The van der Waals surface area contributed by atoms with E-state index >= 15 is 0 Å². The van der Waals surface area contributed by atoms with E-state index in [1.807, 2.05) is 0 Å². The highest BCUT2D eigenvalue weighted by molar-refractivity contribution is 5.44. The first-order valence-electron chi connectivity index (χ1n) is 4.30. The number of nitriles is 1. The molecule has 0 aromatic carbocycles. The molecule has 17 heavy (non-hydrogen) atoms. The number of alkyl halides is 5. The predicted octanol–water partition coefficient (Wildman–Crippen LogP) is 2.37. The molecule has 0 bridgehead atoms. The van der Waals surface area contributed by atoms with Crippen LogP contribution in [0.15, 0.2) is 6.07 Å². The van der Waals surface area contributed by atoms with Crippen molar-refractivity contribution in [3.8, 4) is 6.07 Å². The predicted molar refractivity (Wildman–Crippen MR) is 46.8 cm³/mol. The largest absolute Gasteiger partial charge is 0.434 e. The van der Waals surface area contributed by atoms with Gasteiger partial charge in [-0.2, -0.15) is 18.4 Å². The summed E-state index contributed by atoms with van der Waals surface area (Å²) >= 11 is 0. The van der Waals surface area contributed by atoms with Crippen LogP contribution in [0.5, 0.6) is 0 Å². The fourth-order valence-corrected chi connectivity index (χ4v) is 1.22. The van der Waals surface area contributed by atoms with Gasteiger partial charge >= 0.3 is 6.18 Å². The van der Waals surface area contributed by atoms with Crippen molar-refractivity contribution in [3.63, 3.8) is 0 Å². The second kappa shape index (κ2) is 4.63. The first-order valence-corrected chi connectivity index (χ1v) is 4.30. The first-order chi connectivity index (χ1) is 7.81. The Kier molecular flexibility index (Phi) is 3.63. The number of nitrogens with zero attached hydrogens (tertiary/aromatic N) is 2. The van der Waals surface area contributed by atoms with Gasteiger partial charge in [0, 0.05) is 12.1 Å². The second-order valence-electron chi connectivity index (χ2n) is 3.04. The van der Waals surface area contributed by atoms with Crippen molar-refractivity contribution in [2.45, 2.75) is 19.1 Å². The Morgan fingerprint density at radius 3 is 2.35 bits per heavy atom. The molecule has 0 saturated carbocycles. The number of pyridine rings is 1. The van der Waals surface area contributed by atoms with Crippen LogP contribution < -0.4 is 5.73 Å². The molecule has 0 atom stereocenters. The van der Waals surface area contributed by atoms with Crippen LogP contribution in [0.25, 0.3) is 0 Å². The zero-order valence-corrected chi connectivity index (χ0v) is 8.22. The van der Waals surface area contributed by atoms with Gasteiger partial charge in [-0.05, 0) is 6.07 Å². The summed E-state index contributed by atoms with van der Waals surface area (Å²) in [4.78, 5) is 3.07. The summed E-state index contributed by atoms with van der Waals surface area (Å²) in [5, 5.41) is 8.52. The lowest BCUT2D eigenvalue weighted by Gasteiger charge is -2.12. The van der Waals surface area contributed by atoms with Crippen LogP contribution in [0.4, 0.5) is 22.0 Å². The molecule has 0 aliphatic heterocycles. The van der Waals surface area contributed by atoms with Gasteiger partial charge in [0.1, 0.15) is 6.07 Å². The van der Waals surface area contributed by atoms with E-state index in [-0.39, 0.29) is 5.69 Å². The highest BCUT2D eigenvalue weighted by Crippen LogP contribution is 2.34. The average Bonchev–Trinajstić information content (AvgIpc) is 2.25. The molecule has 3 nitrogen and oxygen atoms in total. The van der Waals surface area contributed by atoms with E-state index in [1.165, 1.54) is 0 Å². The summed E-state index contributed by atoms with van der Waals surface area (Å²) in [6, 6.07) is 1.81. The van der Waals surface area contributed by atoms with E-state index in [1.54, 1.807) is 0 Å². The summed E-state index contributed by atoms with van der Waals surface area (Å²) < 4.78 is 62.5. The highest BCUT2D eigenvalue weighted by atomic mass is 19.4. The van der Waals surface area contributed by atoms with Gasteiger partial charge in [0.05, 0.1) is 11.3 Å². The summed E-state index contributed by atoms with van der Waals surface area (Å²) in [5.41, 5.74) is 0.931. The molecule has 0 fully saturated rings. The summed E-state index contributed by atoms with van der Waals surface area (Å²) in [6.07, 6.45) is -8.17. The number of aromatic nitrogens is 1. The Balaban J connectivity index is 3.58. The number of hydrogen-bond acceptors (Lipinski definition) is 3. The fraction of sp³-hybridized carbons (Fsp3) is 0.333. The van der Waals surface area contributed by atoms with Crippen LogP contribution in [0.1, 0.15) is 28.9 Å². The molecule has 0 saturated heterocycles. The lowest BCUT2D eigenvalue weighted by Crippen LogP contribution is -2.16. The normalized spacial score (nSPS) is 11.6. The van der Waals surface area contributed by atoms with Crippen LogP contribution in [-0.2, 0) is 12.7 Å². The maximum absolute atomic E-state index is 12.5. The van der Waals surface area contributed by atoms with E-state index in [4.69, 9.17) is 11.0 Å². The zero-order valence-electron chi connectivity index (χ0n) is 8.22. The summed E-state index contributed by atoms with van der Waals surface area (Å²) in [6.45, 7) is -0.422. The van der Waals surface area contributed by atoms with Crippen molar-refractivity contribution in [1.82, 2.24) is 4.98 Å². The SMILES string of the molecule is N#Cc1c(C(F)F)cc(CN)nc1C(F)(F)F. The molecule has 1 rings (SSSR count). The molecular formula is C9H6F5N3. The lowest BCUT2D eigenvalue weighted by atomic mass is 10.1. The van der Waals surface area contributed by atoms with Gasteiger partial charge in [0.15, 0.2) is 5.69 Å². The van der Waals surface area contributed by atoms with Gasteiger partial charge in [-0.3, -0.25) is 0 Å². The summed E-state index contributed by atoms with van der Waals surface area (Å²) in [5.74, 6) is 0. The van der Waals surface area contributed by atoms with E-state index < -0.39 is 36.0 Å². The molecule has 8 heteroatoms. The zero-order chi connectivity index (χ0) is 13.2. The molecule has 0 aliphatic carbocycles. The quantitative estimate of drug-likeness (QED) is 0.820. The van der Waals surface area contributed by atoms with Gasteiger partial charge < -0.3 is 5.73 Å². The minimum atomic E-state index is -4.97. The van der Waals surface area contributed by atoms with Crippen molar-refractivity contribution in [3.05, 3.63) is 28.6 Å². The molecule has 2 N–H and O–H groups in total. The molecule has 92 valence electrons. The summed E-state index contributed by atoms with van der Waals surface area (Å²) in [7, 11) is 0. The maximum Gasteiger partial charge on any atom is 0.434 e. The van der Waals surface area contributed by atoms with Gasteiger partial charge in [0.25, 0.3) is 6.43 Å². The second-order valence-corrected chi connectivity index (χ2v) is 3.04. The Labute approximate surface area is 92.7 Å². The number of rotatable bonds is 2. The molecule has 0 aliphatic rings. The highest BCUT2D eigenvalue weighted by Gasteiger charge is 2.38. The van der Waals surface area contributed by atoms with E-state index in [0.717, 1.165) is 6.07 Å². The third-order valence-electron chi connectivity index (χ3n) is 1.93. The molecular weight excluding hydrogens is 245 g/mol. The first kappa shape index (κ1) is 13.3. The number of nitrogens with two attached hydrogens (primary N) is 1. The molecule has 0 radical (unpaired) electrons. The van der Waals surface area contributed by atoms with Crippen molar-refractivity contribution in [1.29, 1.82) is 5.26 Å². The smallest absolute Gasteiger partial charge is 0.325 e. The Hall–Kier alpha value is -1.75. The van der Waals surface area contributed by atoms with Crippen LogP contribution in [0, 0.1) is 11.3 Å². The van der Waals surface area contributed by atoms with Crippen LogP contribution >= 0.6 is 0 Å². The van der Waals surface area contributed by atoms with E-state index in [9.17, 15) is 22.0 Å². The van der Waals surface area contributed by atoms with Crippen molar-refractivity contribution < 1.29 is 22.0 Å². The topological polar surface area (TPSA) is 62.7 Å². The van der Waals surface area contributed by atoms with Gasteiger partial charge in [0.2, 0.25) is 0 Å². The molecule has 1 heterocycles. The molecule has 0 amide bonds. The fourth-order valence-electron chi connectivity index (χ4n) is 1.22. The standard InChI is InChI=1S/C9H6F5N3/c10-8(11)5-1-4(2-15)17-7(6(5)3-16)9(12,13)14/h1,8H,2,15H2. The Bertz CT molecular complexity index is 461. The Morgan fingerprint density at radius 2 is 2.00 bits per heavy atom. The number of halogens is 5. The van der Waals surface area contributed by atoms with Crippen molar-refractivity contribution in [2.75, 3.05) is 0 Å². The van der Waals surface area contributed by atoms with Crippen molar-refractivity contribution in [2.24, 2.45) is 5.73 Å². The Morgan fingerprint density at radius 1 is 1.41 bits per heavy atom.